The highest BCUT2D eigenvalue weighted by Gasteiger charge is 2.56. The number of hydrogen-bond donors (Lipinski definition) is 4. The van der Waals surface area contributed by atoms with Crippen molar-refractivity contribution in [3.05, 3.63) is 35.5 Å². The molecule has 3 aliphatic heterocycles. The Hall–Kier alpha value is -2.98. The predicted octanol–water partition coefficient (Wildman–Crippen LogP) is 5.29. The number of aliphatic hydroxyl groups excluding tert-OH is 2. The first-order valence-electron chi connectivity index (χ1n) is 21.6. The summed E-state index contributed by atoms with van der Waals surface area (Å²) >= 11 is 0. The molecule has 2 bridgehead atoms. The number of methoxy groups -OCH3 is 3. The molecule has 4 rings (SSSR count). The van der Waals surface area contributed by atoms with Crippen molar-refractivity contribution in [3.63, 3.8) is 0 Å². The van der Waals surface area contributed by atoms with Crippen LogP contribution in [-0.4, -0.2) is 131 Å². The van der Waals surface area contributed by atoms with Gasteiger partial charge < -0.3 is 49.1 Å². The van der Waals surface area contributed by atoms with Gasteiger partial charge in [-0.15, -0.1) is 0 Å². The van der Waals surface area contributed by atoms with Crippen molar-refractivity contribution in [2.75, 3.05) is 27.9 Å². The lowest BCUT2D eigenvalue weighted by Gasteiger charge is -2.47. The van der Waals surface area contributed by atoms with Crippen LogP contribution in [0, 0.1) is 29.6 Å². The number of ether oxygens (including phenoxy) is 5. The molecule has 14 heteroatoms. The minimum absolute atomic E-state index is 0.00494. The van der Waals surface area contributed by atoms with E-state index in [2.05, 4.69) is 18.2 Å². The van der Waals surface area contributed by atoms with Crippen molar-refractivity contribution in [3.8, 4) is 0 Å². The van der Waals surface area contributed by atoms with Crippen LogP contribution in [0.5, 0.6) is 0 Å². The van der Waals surface area contributed by atoms with Gasteiger partial charge in [0.05, 0.1) is 36.2 Å². The number of fused-ring (bicyclic) bond motifs is 3. The van der Waals surface area contributed by atoms with Crippen LogP contribution in [0.25, 0.3) is 0 Å². The van der Waals surface area contributed by atoms with E-state index in [9.17, 15) is 34.9 Å². The molecule has 0 spiro atoms. The third-order valence-electron chi connectivity index (χ3n) is 13.2. The van der Waals surface area contributed by atoms with Crippen molar-refractivity contribution >= 4 is 23.4 Å². The Morgan fingerprint density at radius 3 is 2.27 bits per heavy atom. The summed E-state index contributed by atoms with van der Waals surface area (Å²) < 4.78 is 29.9. The molecule has 0 radical (unpaired) electrons. The van der Waals surface area contributed by atoms with Crippen molar-refractivity contribution < 1.29 is 58.6 Å². The van der Waals surface area contributed by atoms with Crippen LogP contribution in [0.15, 0.2) is 40.6 Å². The van der Waals surface area contributed by atoms with E-state index in [1.807, 2.05) is 39.0 Å². The minimum atomic E-state index is -2.51. The van der Waals surface area contributed by atoms with E-state index in [4.69, 9.17) is 23.7 Å². The Bertz CT molecular complexity index is 1550. The molecule has 0 unspecified atom stereocenters. The van der Waals surface area contributed by atoms with Gasteiger partial charge in [0.1, 0.15) is 18.2 Å². The van der Waals surface area contributed by atoms with Gasteiger partial charge in [0.2, 0.25) is 5.79 Å². The van der Waals surface area contributed by atoms with Gasteiger partial charge in [0, 0.05) is 52.0 Å². The molecule has 4 N–H and O–H groups in total. The van der Waals surface area contributed by atoms with E-state index in [1.165, 1.54) is 19.1 Å². The molecule has 3 heterocycles. The molecular formula is C45H72N2O12. The smallest absolute Gasteiger partial charge is 0.329 e. The molecule has 1 saturated carbocycles. The van der Waals surface area contributed by atoms with Gasteiger partial charge in [0.15, 0.2) is 0 Å². The van der Waals surface area contributed by atoms with Crippen LogP contribution >= 0.6 is 0 Å². The fourth-order valence-electron chi connectivity index (χ4n) is 9.66. The lowest BCUT2D eigenvalue weighted by atomic mass is 9.81. The number of allylic oxidation sites excluding steroid dienone is 5. The zero-order chi connectivity index (χ0) is 43.6. The molecule has 1 amide bonds. The van der Waals surface area contributed by atoms with E-state index in [0.717, 1.165) is 5.57 Å². The lowest BCUT2D eigenvalue weighted by Crippen LogP contribution is -2.64. The standard InChI is InChI=1S/C45H72N2O12/c1-10-11-14-32-20-26(2)19-27(3)21-38(56-8)41-39(57-9)23-29(5)45(53,59-41)42(50)43(51)47-18-13-12-15-34(47)44(52)58-40(30(6)36(49)25-33(32)46-54)28(4)22-31-16-17-35(48)37(24-31)55-7/h10-11,20,22,27,29-32,34-41,48-49,53-54H,12-19,21,23-25H2,1-9H3/b11-10+,26-20+,28-22+,46-33?/t27-,29+,30+,31-,32+,34-,35+,36-,37+,38-,39-,40+,41+,45+/m0/s1. The Labute approximate surface area is 351 Å². The number of carbonyl (C=O) groups is 3. The van der Waals surface area contributed by atoms with E-state index in [-0.39, 0.29) is 49.7 Å². The Morgan fingerprint density at radius 1 is 0.949 bits per heavy atom. The summed E-state index contributed by atoms with van der Waals surface area (Å²) in [7, 11) is 4.64. The summed E-state index contributed by atoms with van der Waals surface area (Å²) in [6.45, 7) is 11.3. The summed E-state index contributed by atoms with van der Waals surface area (Å²) in [5.74, 6) is -7.31. The molecule has 14 atom stereocenters. The highest BCUT2D eigenvalue weighted by atomic mass is 16.7. The summed E-state index contributed by atoms with van der Waals surface area (Å²) in [5.41, 5.74) is 2.07. The average Bonchev–Trinajstić information content (AvgIpc) is 3.22. The largest absolute Gasteiger partial charge is 0.456 e. The average molecular weight is 833 g/mol. The zero-order valence-electron chi connectivity index (χ0n) is 36.7. The highest BCUT2D eigenvalue weighted by molar-refractivity contribution is 6.39. The van der Waals surface area contributed by atoms with Gasteiger partial charge in [-0.3, -0.25) is 9.59 Å². The van der Waals surface area contributed by atoms with E-state index in [0.29, 0.717) is 62.7 Å². The zero-order valence-corrected chi connectivity index (χ0v) is 36.7. The molecule has 334 valence electrons. The van der Waals surface area contributed by atoms with Crippen LogP contribution in [0.4, 0.5) is 0 Å². The maximum Gasteiger partial charge on any atom is 0.329 e. The Kier molecular flexibility index (Phi) is 18.3. The third kappa shape index (κ3) is 11.9. The number of aliphatic hydroxyl groups is 3. The number of carbonyl (C=O) groups excluding carboxylic acids is 3. The molecule has 14 nitrogen and oxygen atoms in total. The molecule has 4 aliphatic rings. The number of piperidine rings is 1. The molecular weight excluding hydrogens is 760 g/mol. The second-order valence-corrected chi connectivity index (χ2v) is 17.7. The first-order valence-corrected chi connectivity index (χ1v) is 21.6. The molecule has 3 fully saturated rings. The van der Waals surface area contributed by atoms with E-state index >= 15 is 0 Å². The van der Waals surface area contributed by atoms with Gasteiger partial charge in [-0.2, -0.15) is 0 Å². The monoisotopic (exact) mass is 833 g/mol. The summed E-state index contributed by atoms with van der Waals surface area (Å²) in [4.78, 5) is 44.1. The topological polar surface area (TPSA) is 194 Å². The number of oxime groups is 1. The number of cyclic esters (lactones) is 1. The number of rotatable bonds is 7. The third-order valence-corrected chi connectivity index (χ3v) is 13.2. The van der Waals surface area contributed by atoms with Crippen LogP contribution in [0.1, 0.15) is 112 Å². The summed E-state index contributed by atoms with van der Waals surface area (Å²) in [6.07, 6.45) is 7.83. The van der Waals surface area contributed by atoms with Gasteiger partial charge in [-0.1, -0.05) is 55.8 Å². The van der Waals surface area contributed by atoms with Crippen LogP contribution in [0.3, 0.4) is 0 Å². The quantitative estimate of drug-likeness (QED) is 0.0853. The Balaban J connectivity index is 1.81. The molecule has 0 aromatic heterocycles. The summed E-state index contributed by atoms with van der Waals surface area (Å²) in [6, 6.07) is -1.14. The SMILES string of the molecule is C/C=C/C[C@@H]1/C=C(\C)C[C@H](C)C[C@H](OC)[C@H]2O[C@@](O)(C(=O)C(=O)N3CCCC[C@H]3C(=O)O[C@H](/C(C)=C/[C@@H]3CC[C@@H](O)[C@H](OC)C3)[C@H](C)[C@@H](O)CC1=NO)[C@H](C)C[C@@H]2OC. The van der Waals surface area contributed by atoms with Crippen molar-refractivity contribution in [1.82, 2.24) is 4.90 Å². The van der Waals surface area contributed by atoms with Gasteiger partial charge in [0.25, 0.3) is 11.7 Å². The van der Waals surface area contributed by atoms with Gasteiger partial charge in [-0.05, 0) is 102 Å². The number of hydrogen-bond acceptors (Lipinski definition) is 13. The van der Waals surface area contributed by atoms with Crippen LogP contribution < -0.4 is 0 Å². The molecule has 2 saturated heterocycles. The second kappa shape index (κ2) is 22.2. The van der Waals surface area contributed by atoms with Gasteiger partial charge >= 0.3 is 5.97 Å². The number of amides is 1. The predicted molar refractivity (Wildman–Crippen MR) is 221 cm³/mol. The van der Waals surface area contributed by atoms with E-state index < -0.39 is 77.9 Å². The van der Waals surface area contributed by atoms with Crippen molar-refractivity contribution in [2.24, 2.45) is 34.7 Å². The summed E-state index contributed by atoms with van der Waals surface area (Å²) in [5, 5.41) is 48.6. The number of nitrogens with zero attached hydrogens (tertiary/aromatic N) is 2. The fraction of sp³-hybridized carbons (Fsp3) is 0.778. The molecule has 1 aliphatic carbocycles. The second-order valence-electron chi connectivity index (χ2n) is 17.7. The number of ketones is 1. The number of Topliss-reactive ketones (excluding diaryl/α,β-unsaturated/α-hetero) is 1. The maximum atomic E-state index is 14.4. The van der Waals surface area contributed by atoms with Crippen molar-refractivity contribution in [2.45, 2.75) is 167 Å². The first kappa shape index (κ1) is 48.7. The molecule has 59 heavy (non-hydrogen) atoms. The van der Waals surface area contributed by atoms with E-state index in [1.54, 1.807) is 21.0 Å². The molecule has 0 aromatic carbocycles. The normalized spacial score (nSPS) is 40.9. The minimum Gasteiger partial charge on any atom is -0.456 e. The lowest BCUT2D eigenvalue weighted by molar-refractivity contribution is -0.302. The highest BCUT2D eigenvalue weighted by Crippen LogP contribution is 2.39. The molecule has 0 aromatic rings. The van der Waals surface area contributed by atoms with Crippen LogP contribution in [0.2, 0.25) is 0 Å². The maximum absolute atomic E-state index is 14.4. The fourth-order valence-corrected chi connectivity index (χ4v) is 9.66. The van der Waals surface area contributed by atoms with Gasteiger partial charge in [-0.25, -0.2) is 4.79 Å². The van der Waals surface area contributed by atoms with Crippen LogP contribution in [-0.2, 0) is 38.1 Å². The number of esters is 1. The Morgan fingerprint density at radius 2 is 1.63 bits per heavy atom. The first-order chi connectivity index (χ1) is 28.0. The van der Waals surface area contributed by atoms with Crippen molar-refractivity contribution in [1.29, 1.82) is 0 Å².